The molecule has 10 nitrogen and oxygen atoms in total. The normalized spacial score (nSPS) is 15.1. The minimum Gasteiger partial charge on any atom is -0.491 e. The maximum Gasteiger partial charge on any atom is 0.254 e. The molecule has 0 bridgehead atoms. The Hall–Kier alpha value is -3.69. The highest BCUT2D eigenvalue weighted by atomic mass is 16.5. The van der Waals surface area contributed by atoms with Crippen molar-refractivity contribution in [2.45, 2.75) is 26.2 Å². The van der Waals surface area contributed by atoms with Crippen LogP contribution in [0.3, 0.4) is 0 Å². The van der Waals surface area contributed by atoms with Gasteiger partial charge in [0.05, 0.1) is 24.6 Å². The third-order valence-corrected chi connectivity index (χ3v) is 4.90. The number of hydrogen-bond acceptors (Lipinski definition) is 7. The monoisotopic (exact) mass is 412 g/mol. The standard InChI is InChI=1S/C20H23N7O3/c1-4-11-8-24-27-10-23-18(17(30-3)16(11)27)25-14-7-15(26-19(28)12-5-6-12)22-9-13(14)20(29)21-2/h7-10,12H,4-6H2,1-3H3,(H,21,29)(H2,22,25,26,28)/i2D3. The van der Waals surface area contributed by atoms with E-state index in [4.69, 9.17) is 8.85 Å². The van der Waals surface area contributed by atoms with Crippen molar-refractivity contribution >= 4 is 34.7 Å². The smallest absolute Gasteiger partial charge is 0.254 e. The van der Waals surface area contributed by atoms with Crippen molar-refractivity contribution in [1.29, 1.82) is 0 Å². The number of anilines is 3. The van der Waals surface area contributed by atoms with Gasteiger partial charge in [0.15, 0.2) is 11.6 Å². The first-order valence-electron chi connectivity index (χ1n) is 11.0. The van der Waals surface area contributed by atoms with Crippen LogP contribution in [0.5, 0.6) is 5.75 Å². The van der Waals surface area contributed by atoms with Gasteiger partial charge in [0, 0.05) is 34.8 Å². The lowest BCUT2D eigenvalue weighted by Gasteiger charge is -2.15. The number of nitrogens with zero attached hydrogens (tertiary/aromatic N) is 4. The molecule has 2 amide bonds. The van der Waals surface area contributed by atoms with Gasteiger partial charge in [-0.05, 0) is 19.3 Å². The fourth-order valence-corrected chi connectivity index (χ4v) is 3.14. The molecule has 0 aliphatic heterocycles. The average molecular weight is 412 g/mol. The number of amides is 2. The molecule has 10 heteroatoms. The zero-order chi connectivity index (χ0) is 23.8. The Bertz CT molecular complexity index is 1220. The highest BCUT2D eigenvalue weighted by Crippen LogP contribution is 2.34. The maximum atomic E-state index is 12.6. The van der Waals surface area contributed by atoms with Crippen LogP contribution in [0.1, 0.15) is 39.8 Å². The number of carbonyl (C=O) groups is 2. The van der Waals surface area contributed by atoms with E-state index in [2.05, 4.69) is 25.7 Å². The molecular formula is C20H23N7O3. The SMILES string of the molecule is [2H]C([2H])([2H])NC(=O)c1cnc(NC(=O)C2CC2)cc1Nc1ncn2ncc(CC)c2c1OC. The molecule has 3 N–H and O–H groups in total. The summed E-state index contributed by atoms with van der Waals surface area (Å²) in [4.78, 5) is 33.3. The van der Waals surface area contributed by atoms with E-state index in [0.29, 0.717) is 17.7 Å². The van der Waals surface area contributed by atoms with E-state index >= 15 is 0 Å². The van der Waals surface area contributed by atoms with Crippen molar-refractivity contribution in [2.24, 2.45) is 5.92 Å². The Labute approximate surface area is 177 Å². The van der Waals surface area contributed by atoms with E-state index in [9.17, 15) is 9.59 Å². The number of pyridine rings is 1. The highest BCUT2D eigenvalue weighted by molar-refractivity contribution is 6.01. The third kappa shape index (κ3) is 3.63. The van der Waals surface area contributed by atoms with Gasteiger partial charge in [0.25, 0.3) is 5.91 Å². The van der Waals surface area contributed by atoms with Crippen LogP contribution >= 0.6 is 0 Å². The third-order valence-electron chi connectivity index (χ3n) is 4.90. The number of methoxy groups -OCH3 is 1. The minimum absolute atomic E-state index is 0.0384. The number of carbonyl (C=O) groups excluding carboxylic acids is 2. The quantitative estimate of drug-likeness (QED) is 0.543. The first-order valence-corrected chi connectivity index (χ1v) is 9.49. The summed E-state index contributed by atoms with van der Waals surface area (Å²) in [6.07, 6.45) is 6.77. The predicted molar refractivity (Wildman–Crippen MR) is 111 cm³/mol. The van der Waals surface area contributed by atoms with Crippen LogP contribution in [-0.4, -0.2) is 45.5 Å². The Morgan fingerprint density at radius 3 is 2.87 bits per heavy atom. The number of nitrogens with one attached hydrogen (secondary N) is 3. The maximum absolute atomic E-state index is 12.6. The van der Waals surface area contributed by atoms with Gasteiger partial charge >= 0.3 is 0 Å². The van der Waals surface area contributed by atoms with Crippen LogP contribution < -0.4 is 20.7 Å². The molecule has 0 saturated heterocycles. The molecule has 0 unspecified atom stereocenters. The number of hydrogen-bond donors (Lipinski definition) is 3. The van der Waals surface area contributed by atoms with Gasteiger partial charge in [-0.3, -0.25) is 9.59 Å². The molecule has 0 aromatic carbocycles. The molecule has 3 aromatic rings. The van der Waals surface area contributed by atoms with Crippen molar-refractivity contribution in [2.75, 3.05) is 24.7 Å². The number of ether oxygens (including phenoxy) is 1. The van der Waals surface area contributed by atoms with E-state index in [1.165, 1.54) is 25.7 Å². The fourth-order valence-electron chi connectivity index (χ4n) is 3.14. The second kappa shape index (κ2) is 7.97. The molecule has 1 aliphatic rings. The lowest BCUT2D eigenvalue weighted by atomic mass is 10.2. The lowest BCUT2D eigenvalue weighted by Crippen LogP contribution is -2.21. The Morgan fingerprint density at radius 1 is 1.33 bits per heavy atom. The molecule has 0 atom stereocenters. The lowest BCUT2D eigenvalue weighted by molar-refractivity contribution is -0.117. The van der Waals surface area contributed by atoms with Crippen molar-refractivity contribution in [3.63, 3.8) is 0 Å². The minimum atomic E-state index is -2.68. The summed E-state index contributed by atoms with van der Waals surface area (Å²) >= 11 is 0. The molecule has 3 aromatic heterocycles. The van der Waals surface area contributed by atoms with Crippen molar-refractivity contribution in [3.8, 4) is 5.75 Å². The van der Waals surface area contributed by atoms with E-state index in [0.717, 1.165) is 18.4 Å². The predicted octanol–water partition coefficient (Wildman–Crippen LogP) is 2.15. The summed E-state index contributed by atoms with van der Waals surface area (Å²) < 4.78 is 29.2. The van der Waals surface area contributed by atoms with Gasteiger partial charge in [-0.15, -0.1) is 0 Å². The van der Waals surface area contributed by atoms with E-state index in [-0.39, 0.29) is 34.7 Å². The van der Waals surface area contributed by atoms with E-state index in [1.54, 1.807) is 10.7 Å². The molecule has 1 saturated carbocycles. The zero-order valence-corrected chi connectivity index (χ0v) is 16.5. The van der Waals surface area contributed by atoms with Crippen molar-refractivity contribution < 1.29 is 18.4 Å². The van der Waals surface area contributed by atoms with Crippen molar-refractivity contribution in [3.05, 3.63) is 35.9 Å². The molecule has 3 heterocycles. The number of aryl methyl sites for hydroxylation is 1. The summed E-state index contributed by atoms with van der Waals surface area (Å²) in [5.74, 6) is -0.150. The molecule has 0 radical (unpaired) electrons. The molecule has 1 fully saturated rings. The van der Waals surface area contributed by atoms with Gasteiger partial charge in [-0.25, -0.2) is 14.5 Å². The molecule has 156 valence electrons. The molecule has 30 heavy (non-hydrogen) atoms. The Balaban J connectivity index is 1.75. The van der Waals surface area contributed by atoms with Crippen LogP contribution in [-0.2, 0) is 11.2 Å². The van der Waals surface area contributed by atoms with Crippen LogP contribution in [0.15, 0.2) is 24.8 Å². The second-order valence-corrected chi connectivity index (χ2v) is 6.90. The second-order valence-electron chi connectivity index (χ2n) is 6.90. The number of fused-ring (bicyclic) bond motifs is 1. The summed E-state index contributed by atoms with van der Waals surface area (Å²) in [7, 11) is 1.49. The van der Waals surface area contributed by atoms with Crippen LogP contribution in [0.25, 0.3) is 5.52 Å². The van der Waals surface area contributed by atoms with E-state index in [1.807, 2.05) is 12.2 Å². The van der Waals surface area contributed by atoms with Gasteiger partial charge < -0.3 is 20.7 Å². The molecule has 1 aliphatic carbocycles. The Morgan fingerprint density at radius 2 is 2.17 bits per heavy atom. The number of rotatable bonds is 7. The fraction of sp³-hybridized carbons (Fsp3) is 0.350. The van der Waals surface area contributed by atoms with Gasteiger partial charge in [-0.2, -0.15) is 5.10 Å². The molecule has 4 rings (SSSR count). The highest BCUT2D eigenvalue weighted by Gasteiger charge is 2.30. The summed E-state index contributed by atoms with van der Waals surface area (Å²) in [5.41, 5.74) is 1.81. The topological polar surface area (TPSA) is 123 Å². The van der Waals surface area contributed by atoms with Gasteiger partial charge in [0.1, 0.15) is 17.7 Å². The summed E-state index contributed by atoms with van der Waals surface area (Å²) in [5, 5.41) is 12.0. The van der Waals surface area contributed by atoms with Crippen molar-refractivity contribution in [1.82, 2.24) is 24.9 Å². The van der Waals surface area contributed by atoms with E-state index < -0.39 is 12.9 Å². The van der Waals surface area contributed by atoms with Crippen LogP contribution in [0, 0.1) is 5.92 Å². The van der Waals surface area contributed by atoms with Crippen LogP contribution in [0.2, 0.25) is 0 Å². The largest absolute Gasteiger partial charge is 0.491 e. The van der Waals surface area contributed by atoms with Crippen LogP contribution in [0.4, 0.5) is 17.3 Å². The van der Waals surface area contributed by atoms with Gasteiger partial charge in [0.2, 0.25) is 5.91 Å². The first-order chi connectivity index (χ1) is 15.7. The summed E-state index contributed by atoms with van der Waals surface area (Å²) in [6.45, 7) is -0.700. The van der Waals surface area contributed by atoms with Gasteiger partial charge in [-0.1, -0.05) is 6.92 Å². The number of aromatic nitrogens is 4. The zero-order valence-electron chi connectivity index (χ0n) is 19.5. The molecule has 0 spiro atoms. The Kier molecular flexibility index (Phi) is 4.29. The summed E-state index contributed by atoms with van der Waals surface area (Å²) in [6, 6.07) is 1.46. The molecular weight excluding hydrogens is 386 g/mol. The first kappa shape index (κ1) is 16.1. The average Bonchev–Trinajstić information content (AvgIpc) is 3.52.